The van der Waals surface area contributed by atoms with Crippen molar-refractivity contribution in [3.63, 3.8) is 0 Å². The fourth-order valence-electron chi connectivity index (χ4n) is 3.86. The Morgan fingerprint density at radius 3 is 2.34 bits per heavy atom. The SMILES string of the molecule is FC(F)(F)CCc1cc(OCc2ccc(-c3ccccc3-c3nn[nH]n3)cc2)c2ccccc2n1. The molecular formula is C26H20F3N5O. The Bertz CT molecular complexity index is 1430. The van der Waals surface area contributed by atoms with Crippen LogP contribution in [0.25, 0.3) is 33.4 Å². The summed E-state index contributed by atoms with van der Waals surface area (Å²) in [6.07, 6.45) is -5.36. The number of ether oxygens (including phenoxy) is 1. The van der Waals surface area contributed by atoms with E-state index in [-0.39, 0.29) is 13.0 Å². The molecule has 0 saturated carbocycles. The van der Waals surface area contributed by atoms with Crippen molar-refractivity contribution < 1.29 is 17.9 Å². The maximum absolute atomic E-state index is 12.7. The van der Waals surface area contributed by atoms with E-state index in [9.17, 15) is 13.2 Å². The molecule has 2 aromatic heterocycles. The number of hydrogen-bond donors (Lipinski definition) is 1. The molecule has 0 bridgehead atoms. The van der Waals surface area contributed by atoms with Crippen LogP contribution in [0.5, 0.6) is 5.75 Å². The summed E-state index contributed by atoms with van der Waals surface area (Å²) < 4.78 is 44.2. The largest absolute Gasteiger partial charge is 0.488 e. The van der Waals surface area contributed by atoms with Crippen LogP contribution in [0.2, 0.25) is 0 Å². The van der Waals surface area contributed by atoms with Crippen LogP contribution < -0.4 is 4.74 Å². The normalized spacial score (nSPS) is 11.6. The number of nitrogens with one attached hydrogen (secondary N) is 1. The van der Waals surface area contributed by atoms with Crippen molar-refractivity contribution in [3.8, 4) is 28.3 Å². The molecule has 0 unspecified atom stereocenters. The van der Waals surface area contributed by atoms with Gasteiger partial charge in [-0.15, -0.1) is 10.2 Å². The second kappa shape index (κ2) is 9.54. The molecule has 0 radical (unpaired) electrons. The number of aromatic nitrogens is 5. The Labute approximate surface area is 198 Å². The maximum Gasteiger partial charge on any atom is 0.389 e. The van der Waals surface area contributed by atoms with Crippen molar-refractivity contribution in [2.45, 2.75) is 25.6 Å². The smallest absolute Gasteiger partial charge is 0.389 e. The van der Waals surface area contributed by atoms with Crippen LogP contribution in [-0.4, -0.2) is 31.8 Å². The summed E-state index contributed by atoms with van der Waals surface area (Å²) in [5.41, 5.74) is 4.69. The minimum absolute atomic E-state index is 0.195. The Kier molecular flexibility index (Phi) is 6.13. The van der Waals surface area contributed by atoms with Gasteiger partial charge in [0.15, 0.2) is 0 Å². The Morgan fingerprint density at radius 2 is 1.60 bits per heavy atom. The first-order chi connectivity index (χ1) is 17.0. The number of alkyl halides is 3. The zero-order chi connectivity index (χ0) is 24.3. The first-order valence-electron chi connectivity index (χ1n) is 11.0. The summed E-state index contributed by atoms with van der Waals surface area (Å²) in [5, 5.41) is 15.0. The van der Waals surface area contributed by atoms with Gasteiger partial charge >= 0.3 is 6.18 Å². The van der Waals surface area contributed by atoms with Crippen molar-refractivity contribution in [2.75, 3.05) is 0 Å². The number of rotatable bonds is 7. The fourth-order valence-corrected chi connectivity index (χ4v) is 3.86. The van der Waals surface area contributed by atoms with Crippen LogP contribution in [-0.2, 0) is 13.0 Å². The molecule has 5 aromatic rings. The highest BCUT2D eigenvalue weighted by Gasteiger charge is 2.27. The highest BCUT2D eigenvalue weighted by atomic mass is 19.4. The predicted octanol–water partition coefficient (Wildman–Crippen LogP) is 6.16. The predicted molar refractivity (Wildman–Crippen MR) is 126 cm³/mol. The molecule has 0 saturated heterocycles. The standard InChI is InChI=1S/C26H20F3N5O/c27-26(28,29)14-13-19-15-24(22-7-3-4-8-23(22)30-19)35-16-17-9-11-18(12-10-17)20-5-1-2-6-21(20)25-31-33-34-32-25/h1-12,15H,13-14,16H2,(H,31,32,33,34). The summed E-state index contributed by atoms with van der Waals surface area (Å²) in [5.74, 6) is 1.03. The van der Waals surface area contributed by atoms with E-state index in [0.717, 1.165) is 27.6 Å². The monoisotopic (exact) mass is 475 g/mol. The van der Waals surface area contributed by atoms with Crippen LogP contribution in [0.3, 0.4) is 0 Å². The number of aromatic amines is 1. The Hall–Kier alpha value is -4.27. The molecule has 35 heavy (non-hydrogen) atoms. The molecule has 0 spiro atoms. The van der Waals surface area contributed by atoms with Crippen LogP contribution >= 0.6 is 0 Å². The van der Waals surface area contributed by atoms with Gasteiger partial charge in [0.05, 0.1) is 5.52 Å². The number of tetrazole rings is 1. The van der Waals surface area contributed by atoms with Crippen molar-refractivity contribution in [3.05, 3.63) is 90.1 Å². The number of fused-ring (bicyclic) bond motifs is 1. The topological polar surface area (TPSA) is 76.6 Å². The average molecular weight is 475 g/mol. The number of benzene rings is 3. The number of para-hydroxylation sites is 1. The van der Waals surface area contributed by atoms with Crippen LogP contribution in [0.15, 0.2) is 78.9 Å². The average Bonchev–Trinajstić information content (AvgIpc) is 3.41. The molecular weight excluding hydrogens is 455 g/mol. The van der Waals surface area contributed by atoms with Gasteiger partial charge in [-0.05, 0) is 40.5 Å². The minimum atomic E-state index is -4.24. The quantitative estimate of drug-likeness (QED) is 0.305. The van der Waals surface area contributed by atoms with Crippen molar-refractivity contribution in [1.82, 2.24) is 25.6 Å². The van der Waals surface area contributed by atoms with Gasteiger partial charge in [0, 0.05) is 29.1 Å². The second-order valence-electron chi connectivity index (χ2n) is 8.01. The first-order valence-corrected chi connectivity index (χ1v) is 11.0. The van der Waals surface area contributed by atoms with E-state index in [0.29, 0.717) is 22.8 Å². The van der Waals surface area contributed by atoms with Crippen molar-refractivity contribution in [1.29, 1.82) is 0 Å². The van der Waals surface area contributed by atoms with E-state index in [1.165, 1.54) is 0 Å². The fraction of sp³-hybridized carbons (Fsp3) is 0.154. The highest BCUT2D eigenvalue weighted by Crippen LogP contribution is 2.31. The number of nitrogens with zero attached hydrogens (tertiary/aromatic N) is 4. The van der Waals surface area contributed by atoms with E-state index in [2.05, 4.69) is 25.6 Å². The summed E-state index contributed by atoms with van der Waals surface area (Å²) in [4.78, 5) is 4.37. The van der Waals surface area contributed by atoms with Gasteiger partial charge in [-0.3, -0.25) is 4.98 Å². The van der Waals surface area contributed by atoms with Gasteiger partial charge in [-0.25, -0.2) is 0 Å². The Balaban J connectivity index is 1.36. The van der Waals surface area contributed by atoms with Gasteiger partial charge < -0.3 is 4.74 Å². The molecule has 0 aliphatic carbocycles. The maximum atomic E-state index is 12.7. The molecule has 0 fully saturated rings. The molecule has 3 aromatic carbocycles. The number of halogens is 3. The molecule has 6 nitrogen and oxygen atoms in total. The lowest BCUT2D eigenvalue weighted by Crippen LogP contribution is -2.09. The van der Waals surface area contributed by atoms with E-state index in [1.807, 2.05) is 60.7 Å². The van der Waals surface area contributed by atoms with Crippen molar-refractivity contribution in [2.24, 2.45) is 0 Å². The van der Waals surface area contributed by atoms with Gasteiger partial charge in [-0.2, -0.15) is 18.4 Å². The summed E-state index contributed by atoms with van der Waals surface area (Å²) >= 11 is 0. The number of H-pyrrole nitrogens is 1. The summed E-state index contributed by atoms with van der Waals surface area (Å²) in [6.45, 7) is 0.263. The lowest BCUT2D eigenvalue weighted by molar-refractivity contribution is -0.134. The molecule has 5 rings (SSSR count). The van der Waals surface area contributed by atoms with Gasteiger partial charge in [0.25, 0.3) is 0 Å². The molecule has 176 valence electrons. The van der Waals surface area contributed by atoms with Crippen LogP contribution in [0.1, 0.15) is 17.7 Å². The van der Waals surface area contributed by atoms with Crippen molar-refractivity contribution >= 4 is 10.9 Å². The third-order valence-corrected chi connectivity index (χ3v) is 5.57. The van der Waals surface area contributed by atoms with E-state index < -0.39 is 12.6 Å². The third-order valence-electron chi connectivity index (χ3n) is 5.57. The molecule has 0 aliphatic heterocycles. The summed E-state index contributed by atoms with van der Waals surface area (Å²) in [6, 6.07) is 24.5. The van der Waals surface area contributed by atoms with Gasteiger partial charge in [-0.1, -0.05) is 60.7 Å². The highest BCUT2D eigenvalue weighted by molar-refractivity contribution is 5.85. The van der Waals surface area contributed by atoms with Crippen LogP contribution in [0, 0.1) is 0 Å². The molecule has 2 heterocycles. The zero-order valence-electron chi connectivity index (χ0n) is 18.5. The zero-order valence-corrected chi connectivity index (χ0v) is 18.5. The molecule has 0 aliphatic rings. The molecule has 1 N–H and O–H groups in total. The summed E-state index contributed by atoms with van der Waals surface area (Å²) in [7, 11) is 0. The molecule has 0 amide bonds. The number of pyridine rings is 1. The lowest BCUT2D eigenvalue weighted by Gasteiger charge is -2.13. The van der Waals surface area contributed by atoms with E-state index in [1.54, 1.807) is 18.2 Å². The molecule has 9 heteroatoms. The molecule has 0 atom stereocenters. The second-order valence-corrected chi connectivity index (χ2v) is 8.01. The number of aryl methyl sites for hydroxylation is 1. The van der Waals surface area contributed by atoms with E-state index in [4.69, 9.17) is 4.74 Å². The minimum Gasteiger partial charge on any atom is -0.488 e. The van der Waals surface area contributed by atoms with Gasteiger partial charge in [0.2, 0.25) is 5.82 Å². The number of hydrogen-bond acceptors (Lipinski definition) is 5. The van der Waals surface area contributed by atoms with Crippen LogP contribution in [0.4, 0.5) is 13.2 Å². The van der Waals surface area contributed by atoms with Gasteiger partial charge in [0.1, 0.15) is 12.4 Å². The van der Waals surface area contributed by atoms with E-state index >= 15 is 0 Å². The third kappa shape index (κ3) is 5.29. The lowest BCUT2D eigenvalue weighted by atomic mass is 9.98. The first kappa shape index (κ1) is 22.5. The Morgan fingerprint density at radius 1 is 0.857 bits per heavy atom.